The van der Waals surface area contributed by atoms with Crippen molar-refractivity contribution in [2.24, 2.45) is 17.0 Å². The van der Waals surface area contributed by atoms with E-state index in [1.807, 2.05) is 13.8 Å². The third kappa shape index (κ3) is 11.7. The molecule has 15 nitrogen and oxygen atoms in total. The number of alkyl carbamates (subject to hydrolysis) is 1. The number of amides is 1. The average Bonchev–Trinajstić information content (AvgIpc) is 3.72. The van der Waals surface area contributed by atoms with E-state index in [1.54, 1.807) is 50.2 Å². The molecule has 2 N–H and O–H groups in total. The highest BCUT2D eigenvalue weighted by molar-refractivity contribution is 7.89. The molecule has 2 fully saturated rings. The fourth-order valence-corrected chi connectivity index (χ4v) is 8.61. The molecule has 0 saturated carbocycles. The number of carbonyl (C=O) groups excluding carboxylic acids is 1. The average molecular weight is 756 g/mol. The van der Waals surface area contributed by atoms with E-state index in [4.69, 9.17) is 32.8 Å². The van der Waals surface area contributed by atoms with Crippen LogP contribution in [0, 0.1) is 11.8 Å². The molecular weight excluding hydrogens is 705 g/mol. The van der Waals surface area contributed by atoms with Gasteiger partial charge in [-0.05, 0) is 68.0 Å². The number of sulfonamides is 1. The lowest BCUT2D eigenvalue weighted by Crippen LogP contribution is -2.51. The van der Waals surface area contributed by atoms with Gasteiger partial charge in [-0.3, -0.25) is 4.57 Å². The fourth-order valence-electron chi connectivity index (χ4n) is 5.77. The molecule has 1 unspecified atom stereocenters. The zero-order valence-corrected chi connectivity index (χ0v) is 31.4. The minimum Gasteiger partial charge on any atom is -0.497 e. The predicted octanol–water partition coefficient (Wildman–Crippen LogP) is 4.38. The number of hydrogen-bond acceptors (Lipinski definition) is 13. The Kier molecular flexibility index (Phi) is 15.3. The number of ether oxygens (including phenoxy) is 4. The lowest BCUT2D eigenvalue weighted by Gasteiger charge is -2.31. The SMILES string of the molecule is CCOP(=O)(CON=Cc1ccc(C[C@H](NC(=O)OC2CO[C@H]3OCC[C@@H]23)[C@H](O)CN(CC(C)C)S(=O)(=O)c2ccc(OC)cc2)cc1)OCC. The predicted molar refractivity (Wildman–Crippen MR) is 188 cm³/mol. The van der Waals surface area contributed by atoms with Crippen LogP contribution in [0.4, 0.5) is 4.79 Å². The van der Waals surface area contributed by atoms with E-state index in [0.29, 0.717) is 24.3 Å². The van der Waals surface area contributed by atoms with Gasteiger partial charge in [-0.2, -0.15) is 4.31 Å². The number of aliphatic hydroxyl groups excluding tert-OH is 1. The molecule has 2 aliphatic rings. The molecule has 1 amide bonds. The Morgan fingerprint density at radius 1 is 1.08 bits per heavy atom. The molecule has 17 heteroatoms. The number of carbonyl (C=O) groups is 1. The van der Waals surface area contributed by atoms with Crippen molar-refractivity contribution in [3.8, 4) is 5.75 Å². The van der Waals surface area contributed by atoms with Gasteiger partial charge in [0.05, 0.1) is 62.7 Å². The molecule has 0 spiro atoms. The van der Waals surface area contributed by atoms with Crippen molar-refractivity contribution in [3.05, 3.63) is 59.7 Å². The van der Waals surface area contributed by atoms with Gasteiger partial charge in [0.1, 0.15) is 11.9 Å². The van der Waals surface area contributed by atoms with E-state index < -0.39 is 48.3 Å². The van der Waals surface area contributed by atoms with Gasteiger partial charge in [0.2, 0.25) is 16.4 Å². The molecule has 51 heavy (non-hydrogen) atoms. The number of aliphatic hydroxyl groups is 1. The quantitative estimate of drug-likeness (QED) is 0.111. The van der Waals surface area contributed by atoms with Crippen LogP contribution in [0.25, 0.3) is 0 Å². The maximum Gasteiger partial charge on any atom is 0.407 e. The standard InChI is InChI=1S/C34H50N3O12PS/c1-6-47-50(40,48-7-2)23-46-35-19-26-10-8-25(9-11-26)18-30(36-34(39)49-32-22-45-33-29(32)16-17-44-33)31(38)21-37(20-24(3)4)51(41,42)28-14-12-27(43-5)13-15-28/h8-15,19,24,29-33,38H,6-7,16-18,20-23H2,1-5H3,(H,36,39)/t29-,30-,31+,32?,33+/m0/s1. The summed E-state index contributed by atoms with van der Waals surface area (Å²) in [7, 11) is -5.95. The summed E-state index contributed by atoms with van der Waals surface area (Å²) in [4.78, 5) is 18.5. The maximum absolute atomic E-state index is 13.8. The number of nitrogens with zero attached hydrogens (tertiary/aromatic N) is 2. The van der Waals surface area contributed by atoms with E-state index in [9.17, 15) is 22.9 Å². The van der Waals surface area contributed by atoms with Crippen LogP contribution in [-0.4, -0.2) is 108 Å². The second-order valence-electron chi connectivity index (χ2n) is 12.6. The number of nitrogens with one attached hydrogen (secondary N) is 1. The van der Waals surface area contributed by atoms with Crippen molar-refractivity contribution >= 4 is 29.9 Å². The minimum atomic E-state index is -4.03. The number of methoxy groups -OCH3 is 1. The first-order valence-electron chi connectivity index (χ1n) is 17.0. The molecule has 0 aliphatic carbocycles. The Morgan fingerprint density at radius 3 is 2.39 bits per heavy atom. The first-order valence-corrected chi connectivity index (χ1v) is 20.2. The third-order valence-corrected chi connectivity index (χ3v) is 11.8. The smallest absolute Gasteiger partial charge is 0.407 e. The highest BCUT2D eigenvalue weighted by atomic mass is 32.2. The molecule has 0 aromatic heterocycles. The van der Waals surface area contributed by atoms with Gasteiger partial charge in [0.25, 0.3) is 0 Å². The largest absolute Gasteiger partial charge is 0.497 e. The molecular formula is C34H50N3O12PS. The fraction of sp³-hybridized carbons (Fsp3) is 0.588. The molecule has 284 valence electrons. The molecule has 5 atom stereocenters. The van der Waals surface area contributed by atoms with Gasteiger partial charge in [-0.15, -0.1) is 0 Å². The van der Waals surface area contributed by atoms with Crippen LogP contribution in [-0.2, 0) is 49.1 Å². The van der Waals surface area contributed by atoms with Gasteiger partial charge in [0.15, 0.2) is 6.29 Å². The Bertz CT molecular complexity index is 1570. The maximum atomic E-state index is 13.8. The number of hydrogen-bond donors (Lipinski definition) is 2. The van der Waals surface area contributed by atoms with Crippen LogP contribution >= 0.6 is 7.60 Å². The van der Waals surface area contributed by atoms with Gasteiger partial charge in [-0.25, -0.2) is 13.2 Å². The van der Waals surface area contributed by atoms with Gasteiger partial charge in [0, 0.05) is 13.1 Å². The molecule has 2 aliphatic heterocycles. The molecule has 2 aromatic rings. The normalized spacial score (nSPS) is 20.4. The van der Waals surface area contributed by atoms with Gasteiger partial charge >= 0.3 is 13.7 Å². The van der Waals surface area contributed by atoms with E-state index in [1.165, 1.54) is 29.8 Å². The van der Waals surface area contributed by atoms with E-state index in [0.717, 1.165) is 5.56 Å². The Morgan fingerprint density at radius 2 is 1.76 bits per heavy atom. The van der Waals surface area contributed by atoms with Crippen LogP contribution < -0.4 is 10.1 Å². The number of benzene rings is 2. The summed E-state index contributed by atoms with van der Waals surface area (Å²) in [6, 6.07) is 12.2. The van der Waals surface area contributed by atoms with E-state index in [-0.39, 0.29) is 62.4 Å². The van der Waals surface area contributed by atoms with Gasteiger partial charge < -0.3 is 43.3 Å². The summed E-state index contributed by atoms with van der Waals surface area (Å²) in [5.41, 5.74) is 1.39. The Hall–Kier alpha value is -3.08. The van der Waals surface area contributed by atoms with Crippen LogP contribution in [0.5, 0.6) is 5.75 Å². The highest BCUT2D eigenvalue weighted by Crippen LogP contribution is 2.47. The molecule has 4 rings (SSSR count). The van der Waals surface area contributed by atoms with Crippen molar-refractivity contribution in [2.45, 2.75) is 70.0 Å². The van der Waals surface area contributed by atoms with Crippen molar-refractivity contribution < 1.29 is 55.7 Å². The second kappa shape index (κ2) is 19.1. The van der Waals surface area contributed by atoms with Crippen molar-refractivity contribution in [1.29, 1.82) is 0 Å². The van der Waals surface area contributed by atoms with Crippen molar-refractivity contribution in [1.82, 2.24) is 9.62 Å². The molecule has 2 saturated heterocycles. The van der Waals surface area contributed by atoms with Crippen molar-refractivity contribution in [2.75, 3.05) is 53.0 Å². The number of oxime groups is 1. The van der Waals surface area contributed by atoms with Crippen LogP contribution in [0.15, 0.2) is 58.6 Å². The summed E-state index contributed by atoms with van der Waals surface area (Å²) in [6.07, 6.45) is -1.08. The summed E-state index contributed by atoms with van der Waals surface area (Å²) in [6.45, 7) is 8.12. The summed E-state index contributed by atoms with van der Waals surface area (Å²) < 4.78 is 73.8. The number of fused-ring (bicyclic) bond motifs is 1. The lowest BCUT2D eigenvalue weighted by atomic mass is 10.00. The zero-order chi connectivity index (χ0) is 37.0. The molecule has 2 heterocycles. The second-order valence-corrected chi connectivity index (χ2v) is 16.5. The van der Waals surface area contributed by atoms with Crippen LogP contribution in [0.1, 0.15) is 45.2 Å². The van der Waals surface area contributed by atoms with Crippen molar-refractivity contribution in [3.63, 3.8) is 0 Å². The van der Waals surface area contributed by atoms with E-state index >= 15 is 0 Å². The van der Waals surface area contributed by atoms with Gasteiger partial charge in [-0.1, -0.05) is 43.3 Å². The molecule has 0 radical (unpaired) electrons. The first kappa shape index (κ1) is 40.7. The Labute approximate surface area is 300 Å². The number of rotatable bonds is 20. The summed E-state index contributed by atoms with van der Waals surface area (Å²) in [5, 5.41) is 18.3. The highest BCUT2D eigenvalue weighted by Gasteiger charge is 2.44. The third-order valence-electron chi connectivity index (χ3n) is 8.25. The van der Waals surface area contributed by atoms with Crippen LogP contribution in [0.2, 0.25) is 0 Å². The molecule has 0 bridgehead atoms. The van der Waals surface area contributed by atoms with Crippen LogP contribution in [0.3, 0.4) is 0 Å². The monoisotopic (exact) mass is 755 g/mol. The summed E-state index contributed by atoms with van der Waals surface area (Å²) in [5.74, 6) is 0.363. The minimum absolute atomic E-state index is 0.0504. The Balaban J connectivity index is 1.49. The zero-order valence-electron chi connectivity index (χ0n) is 29.7. The molecule has 2 aromatic carbocycles. The topological polar surface area (TPSA) is 181 Å². The summed E-state index contributed by atoms with van der Waals surface area (Å²) >= 11 is 0. The first-order chi connectivity index (χ1) is 24.4. The van der Waals surface area contributed by atoms with E-state index in [2.05, 4.69) is 10.5 Å². The lowest BCUT2D eigenvalue weighted by molar-refractivity contribution is -0.0907.